The number of hydrogen-bond acceptors (Lipinski definition) is 2. The van der Waals surface area contributed by atoms with Gasteiger partial charge in [0, 0.05) is 24.2 Å². The number of rotatable bonds is 7. The Morgan fingerprint density at radius 2 is 1.61 bits per heavy atom. The summed E-state index contributed by atoms with van der Waals surface area (Å²) in [5.74, 6) is -0.0348. The first-order valence-corrected chi connectivity index (χ1v) is 7.64. The Bertz CT molecular complexity index is 656. The van der Waals surface area contributed by atoms with Gasteiger partial charge < -0.3 is 16.4 Å². The van der Waals surface area contributed by atoms with E-state index in [0.717, 1.165) is 23.2 Å². The summed E-state index contributed by atoms with van der Waals surface area (Å²) in [6, 6.07) is 17.1. The molecule has 2 aromatic rings. The summed E-state index contributed by atoms with van der Waals surface area (Å²) in [6.45, 7) is 0.489. The molecule has 23 heavy (non-hydrogen) atoms. The minimum Gasteiger partial charge on any atom is -0.352 e. The van der Waals surface area contributed by atoms with Crippen molar-refractivity contribution < 1.29 is 9.59 Å². The van der Waals surface area contributed by atoms with Gasteiger partial charge in [0.1, 0.15) is 0 Å². The Morgan fingerprint density at radius 1 is 0.913 bits per heavy atom. The molecule has 0 aromatic heterocycles. The number of hydrogen-bond donors (Lipinski definition) is 3. The first-order chi connectivity index (χ1) is 11.2. The SMILES string of the molecule is NC(=O)NCCCCC(=O)Nc1ccccc1-c1ccccc1. The van der Waals surface area contributed by atoms with Crippen LogP contribution in [0.2, 0.25) is 0 Å². The normalized spacial score (nSPS) is 10.1. The zero-order chi connectivity index (χ0) is 16.5. The Balaban J connectivity index is 1.90. The number of nitrogens with one attached hydrogen (secondary N) is 2. The second-order valence-electron chi connectivity index (χ2n) is 5.21. The third-order valence-corrected chi connectivity index (χ3v) is 3.42. The van der Waals surface area contributed by atoms with E-state index < -0.39 is 6.03 Å². The van der Waals surface area contributed by atoms with Crippen LogP contribution in [-0.4, -0.2) is 18.5 Å². The van der Waals surface area contributed by atoms with Crippen molar-refractivity contribution in [3.05, 3.63) is 54.6 Å². The zero-order valence-corrected chi connectivity index (χ0v) is 12.9. The lowest BCUT2D eigenvalue weighted by atomic mass is 10.0. The van der Waals surface area contributed by atoms with Crippen LogP contribution < -0.4 is 16.4 Å². The third kappa shape index (κ3) is 5.47. The van der Waals surface area contributed by atoms with E-state index in [-0.39, 0.29) is 5.91 Å². The van der Waals surface area contributed by atoms with Gasteiger partial charge in [-0.2, -0.15) is 0 Å². The second-order valence-corrected chi connectivity index (χ2v) is 5.21. The van der Waals surface area contributed by atoms with Crippen molar-refractivity contribution in [3.8, 4) is 11.1 Å². The fourth-order valence-corrected chi connectivity index (χ4v) is 2.30. The number of nitrogens with two attached hydrogens (primary N) is 1. The first kappa shape index (κ1) is 16.5. The molecule has 2 aromatic carbocycles. The van der Waals surface area contributed by atoms with E-state index in [1.807, 2.05) is 54.6 Å². The standard InChI is InChI=1S/C18H21N3O2/c19-18(23)20-13-7-6-12-17(22)21-16-11-5-4-10-15(16)14-8-2-1-3-9-14/h1-5,8-11H,6-7,12-13H2,(H,21,22)(H3,19,20,23). The molecule has 120 valence electrons. The van der Waals surface area contributed by atoms with Crippen LogP contribution in [0.1, 0.15) is 19.3 Å². The fraction of sp³-hybridized carbons (Fsp3) is 0.222. The molecule has 0 atom stereocenters. The fourth-order valence-electron chi connectivity index (χ4n) is 2.30. The van der Waals surface area contributed by atoms with Crippen LogP contribution in [0.15, 0.2) is 54.6 Å². The Hall–Kier alpha value is -2.82. The van der Waals surface area contributed by atoms with Gasteiger partial charge in [0.15, 0.2) is 0 Å². The molecule has 0 bridgehead atoms. The van der Waals surface area contributed by atoms with E-state index >= 15 is 0 Å². The number of carbonyl (C=O) groups excluding carboxylic acids is 2. The lowest BCUT2D eigenvalue weighted by Crippen LogP contribution is -2.30. The van der Waals surface area contributed by atoms with Crippen LogP contribution in [0, 0.1) is 0 Å². The summed E-state index contributed by atoms with van der Waals surface area (Å²) in [5.41, 5.74) is 7.84. The number of amides is 3. The molecular formula is C18H21N3O2. The average Bonchev–Trinajstić information content (AvgIpc) is 2.55. The highest BCUT2D eigenvalue weighted by Gasteiger charge is 2.07. The predicted molar refractivity (Wildman–Crippen MR) is 91.9 cm³/mol. The quantitative estimate of drug-likeness (QED) is 0.686. The topological polar surface area (TPSA) is 84.2 Å². The van der Waals surface area contributed by atoms with Crippen molar-refractivity contribution >= 4 is 17.6 Å². The summed E-state index contributed by atoms with van der Waals surface area (Å²) < 4.78 is 0. The predicted octanol–water partition coefficient (Wildman–Crippen LogP) is 3.13. The van der Waals surface area contributed by atoms with Gasteiger partial charge in [-0.1, -0.05) is 48.5 Å². The number of primary amides is 1. The van der Waals surface area contributed by atoms with Gasteiger partial charge in [-0.15, -0.1) is 0 Å². The van der Waals surface area contributed by atoms with E-state index in [9.17, 15) is 9.59 Å². The summed E-state index contributed by atoms with van der Waals surface area (Å²) in [6.07, 6.45) is 1.82. The third-order valence-electron chi connectivity index (χ3n) is 3.42. The molecule has 0 aliphatic heterocycles. The van der Waals surface area contributed by atoms with Gasteiger partial charge in [0.25, 0.3) is 0 Å². The van der Waals surface area contributed by atoms with Gasteiger partial charge >= 0.3 is 6.03 Å². The molecule has 0 saturated heterocycles. The largest absolute Gasteiger partial charge is 0.352 e. The average molecular weight is 311 g/mol. The number of carbonyl (C=O) groups is 2. The first-order valence-electron chi connectivity index (χ1n) is 7.64. The summed E-state index contributed by atoms with van der Waals surface area (Å²) in [7, 11) is 0. The van der Waals surface area contributed by atoms with Gasteiger partial charge in [0.2, 0.25) is 5.91 Å². The van der Waals surface area contributed by atoms with Crippen molar-refractivity contribution in [3.63, 3.8) is 0 Å². The summed E-state index contributed by atoms with van der Waals surface area (Å²) in [5, 5.41) is 5.46. The van der Waals surface area contributed by atoms with Crippen LogP contribution in [0.5, 0.6) is 0 Å². The molecule has 0 heterocycles. The Kier molecular flexibility index (Phi) is 6.17. The van der Waals surface area contributed by atoms with E-state index in [4.69, 9.17) is 5.73 Å². The monoisotopic (exact) mass is 311 g/mol. The molecule has 0 aliphatic carbocycles. The van der Waals surface area contributed by atoms with E-state index in [0.29, 0.717) is 19.4 Å². The molecule has 3 amide bonds. The molecule has 0 fully saturated rings. The van der Waals surface area contributed by atoms with Crippen LogP contribution in [0.3, 0.4) is 0 Å². The van der Waals surface area contributed by atoms with Gasteiger partial charge in [-0.3, -0.25) is 4.79 Å². The number of benzene rings is 2. The van der Waals surface area contributed by atoms with Crippen LogP contribution in [-0.2, 0) is 4.79 Å². The molecular weight excluding hydrogens is 290 g/mol. The Morgan fingerprint density at radius 3 is 2.35 bits per heavy atom. The van der Waals surface area contributed by atoms with E-state index in [1.165, 1.54) is 0 Å². The zero-order valence-electron chi connectivity index (χ0n) is 12.9. The lowest BCUT2D eigenvalue weighted by molar-refractivity contribution is -0.116. The van der Waals surface area contributed by atoms with Crippen LogP contribution in [0.4, 0.5) is 10.5 Å². The molecule has 0 unspecified atom stereocenters. The van der Waals surface area contributed by atoms with Gasteiger partial charge in [0.05, 0.1) is 0 Å². The lowest BCUT2D eigenvalue weighted by Gasteiger charge is -2.11. The van der Waals surface area contributed by atoms with Crippen LogP contribution in [0.25, 0.3) is 11.1 Å². The second kappa shape index (κ2) is 8.58. The molecule has 5 nitrogen and oxygen atoms in total. The summed E-state index contributed by atoms with van der Waals surface area (Å²) >= 11 is 0. The molecule has 0 aliphatic rings. The molecule has 0 radical (unpaired) electrons. The maximum atomic E-state index is 12.1. The van der Waals surface area contributed by atoms with Crippen molar-refractivity contribution in [1.82, 2.24) is 5.32 Å². The van der Waals surface area contributed by atoms with Gasteiger partial charge in [-0.25, -0.2) is 4.79 Å². The minimum atomic E-state index is -0.536. The van der Waals surface area contributed by atoms with E-state index in [2.05, 4.69) is 10.6 Å². The number of anilines is 1. The highest BCUT2D eigenvalue weighted by molar-refractivity contribution is 5.95. The number of urea groups is 1. The van der Waals surface area contributed by atoms with Crippen molar-refractivity contribution in [2.75, 3.05) is 11.9 Å². The molecule has 0 spiro atoms. The minimum absolute atomic E-state index is 0.0348. The van der Waals surface area contributed by atoms with Crippen molar-refractivity contribution in [2.45, 2.75) is 19.3 Å². The molecule has 4 N–H and O–H groups in total. The summed E-state index contributed by atoms with van der Waals surface area (Å²) in [4.78, 5) is 22.6. The van der Waals surface area contributed by atoms with Crippen molar-refractivity contribution in [1.29, 1.82) is 0 Å². The number of para-hydroxylation sites is 1. The van der Waals surface area contributed by atoms with Crippen molar-refractivity contribution in [2.24, 2.45) is 5.73 Å². The molecule has 0 saturated carbocycles. The maximum absolute atomic E-state index is 12.1. The maximum Gasteiger partial charge on any atom is 0.312 e. The van der Waals surface area contributed by atoms with Gasteiger partial charge in [-0.05, 0) is 24.5 Å². The molecule has 5 heteroatoms. The van der Waals surface area contributed by atoms with Crippen LogP contribution >= 0.6 is 0 Å². The highest BCUT2D eigenvalue weighted by atomic mass is 16.2. The highest BCUT2D eigenvalue weighted by Crippen LogP contribution is 2.27. The number of unbranched alkanes of at least 4 members (excludes halogenated alkanes) is 1. The Labute approximate surface area is 135 Å². The molecule has 2 rings (SSSR count). The van der Waals surface area contributed by atoms with E-state index in [1.54, 1.807) is 0 Å². The smallest absolute Gasteiger partial charge is 0.312 e.